The van der Waals surface area contributed by atoms with Crippen molar-refractivity contribution in [3.05, 3.63) is 78.1 Å². The highest BCUT2D eigenvalue weighted by Gasteiger charge is 2.06. The number of anilines is 1. The van der Waals surface area contributed by atoms with E-state index in [1.54, 1.807) is 24.1 Å². The maximum atomic E-state index is 12.2. The first-order valence-electron chi connectivity index (χ1n) is 7.89. The Kier molecular flexibility index (Phi) is 4.95. The molecule has 5 nitrogen and oxygen atoms in total. The van der Waals surface area contributed by atoms with Gasteiger partial charge in [-0.2, -0.15) is 5.10 Å². The van der Waals surface area contributed by atoms with Crippen molar-refractivity contribution >= 4 is 17.7 Å². The van der Waals surface area contributed by atoms with Crippen molar-refractivity contribution in [2.75, 3.05) is 12.4 Å². The number of hydrogen-bond donors (Lipinski definition) is 1. The molecule has 5 heteroatoms. The standard InChI is InChI=1S/C20H19N3O2/c1-15-8-10-19(25-2)18(12-15)22-20(24)11-9-16-13-21-23(14-16)17-6-4-3-5-7-17/h3-14H,1-2H3,(H,22,24)/b11-9+. The van der Waals surface area contributed by atoms with Gasteiger partial charge in [0.1, 0.15) is 5.75 Å². The minimum absolute atomic E-state index is 0.226. The summed E-state index contributed by atoms with van der Waals surface area (Å²) in [6.45, 7) is 1.96. The van der Waals surface area contributed by atoms with Crippen LogP contribution in [0.5, 0.6) is 5.75 Å². The first kappa shape index (κ1) is 16.5. The lowest BCUT2D eigenvalue weighted by Crippen LogP contribution is -2.09. The fourth-order valence-electron chi connectivity index (χ4n) is 2.41. The van der Waals surface area contributed by atoms with E-state index in [1.807, 2.05) is 61.7 Å². The predicted octanol–water partition coefficient (Wildman–Crippen LogP) is 3.84. The minimum Gasteiger partial charge on any atom is -0.495 e. The predicted molar refractivity (Wildman–Crippen MR) is 99.0 cm³/mol. The zero-order valence-corrected chi connectivity index (χ0v) is 14.1. The van der Waals surface area contributed by atoms with Crippen LogP contribution in [0.2, 0.25) is 0 Å². The van der Waals surface area contributed by atoms with Gasteiger partial charge < -0.3 is 10.1 Å². The van der Waals surface area contributed by atoms with Crippen LogP contribution in [0, 0.1) is 6.92 Å². The van der Waals surface area contributed by atoms with Crippen molar-refractivity contribution in [1.82, 2.24) is 9.78 Å². The molecule has 0 radical (unpaired) electrons. The van der Waals surface area contributed by atoms with E-state index < -0.39 is 0 Å². The van der Waals surface area contributed by atoms with Gasteiger partial charge in [0.2, 0.25) is 5.91 Å². The van der Waals surface area contributed by atoms with Crippen LogP contribution < -0.4 is 10.1 Å². The van der Waals surface area contributed by atoms with Gasteiger partial charge in [0.15, 0.2) is 0 Å². The van der Waals surface area contributed by atoms with Crippen LogP contribution in [0.1, 0.15) is 11.1 Å². The molecule has 2 aromatic carbocycles. The lowest BCUT2D eigenvalue weighted by atomic mass is 10.2. The molecular formula is C20H19N3O2. The molecule has 3 aromatic rings. The highest BCUT2D eigenvalue weighted by atomic mass is 16.5. The number of amides is 1. The molecule has 0 saturated carbocycles. The summed E-state index contributed by atoms with van der Waals surface area (Å²) in [5, 5.41) is 7.13. The molecule has 1 aromatic heterocycles. The molecule has 0 saturated heterocycles. The van der Waals surface area contributed by atoms with Crippen LogP contribution in [-0.2, 0) is 4.79 Å². The second-order valence-electron chi connectivity index (χ2n) is 5.58. The summed E-state index contributed by atoms with van der Waals surface area (Å²) in [5.74, 6) is 0.403. The third-order valence-electron chi connectivity index (χ3n) is 3.66. The number of ether oxygens (including phenoxy) is 1. The van der Waals surface area contributed by atoms with Crippen molar-refractivity contribution in [2.24, 2.45) is 0 Å². The van der Waals surface area contributed by atoms with E-state index in [2.05, 4.69) is 10.4 Å². The smallest absolute Gasteiger partial charge is 0.248 e. The number of para-hydroxylation sites is 1. The van der Waals surface area contributed by atoms with E-state index in [-0.39, 0.29) is 5.91 Å². The third-order valence-corrected chi connectivity index (χ3v) is 3.66. The lowest BCUT2D eigenvalue weighted by molar-refractivity contribution is -0.111. The fourth-order valence-corrected chi connectivity index (χ4v) is 2.41. The molecular weight excluding hydrogens is 314 g/mol. The van der Waals surface area contributed by atoms with Crippen LogP contribution in [0.25, 0.3) is 11.8 Å². The van der Waals surface area contributed by atoms with E-state index in [1.165, 1.54) is 6.08 Å². The normalized spacial score (nSPS) is 10.8. The zero-order valence-electron chi connectivity index (χ0n) is 14.1. The SMILES string of the molecule is COc1ccc(C)cc1NC(=O)/C=C/c1cnn(-c2ccccc2)c1. The van der Waals surface area contributed by atoms with E-state index >= 15 is 0 Å². The van der Waals surface area contributed by atoms with Crippen molar-refractivity contribution in [3.8, 4) is 11.4 Å². The second-order valence-corrected chi connectivity index (χ2v) is 5.58. The van der Waals surface area contributed by atoms with Gasteiger partial charge in [-0.25, -0.2) is 4.68 Å². The lowest BCUT2D eigenvalue weighted by Gasteiger charge is -2.09. The molecule has 0 aliphatic carbocycles. The minimum atomic E-state index is -0.226. The Balaban J connectivity index is 1.69. The quantitative estimate of drug-likeness (QED) is 0.722. The van der Waals surface area contributed by atoms with Crippen LogP contribution >= 0.6 is 0 Å². The molecule has 0 spiro atoms. The zero-order chi connectivity index (χ0) is 17.6. The van der Waals surface area contributed by atoms with E-state index in [9.17, 15) is 4.79 Å². The van der Waals surface area contributed by atoms with E-state index in [0.717, 1.165) is 16.8 Å². The van der Waals surface area contributed by atoms with Crippen molar-refractivity contribution in [2.45, 2.75) is 6.92 Å². The largest absolute Gasteiger partial charge is 0.495 e. The Bertz CT molecular complexity index is 898. The molecule has 0 unspecified atom stereocenters. The summed E-state index contributed by atoms with van der Waals surface area (Å²) >= 11 is 0. The average molecular weight is 333 g/mol. The summed E-state index contributed by atoms with van der Waals surface area (Å²) in [4.78, 5) is 12.2. The van der Waals surface area contributed by atoms with Crippen LogP contribution in [0.15, 0.2) is 67.0 Å². The topological polar surface area (TPSA) is 56.1 Å². The first-order valence-corrected chi connectivity index (χ1v) is 7.89. The maximum absolute atomic E-state index is 12.2. The number of aromatic nitrogens is 2. The Morgan fingerprint density at radius 1 is 1.20 bits per heavy atom. The van der Waals surface area contributed by atoms with Crippen molar-refractivity contribution < 1.29 is 9.53 Å². The van der Waals surface area contributed by atoms with Crippen LogP contribution in [0.4, 0.5) is 5.69 Å². The molecule has 0 atom stereocenters. The maximum Gasteiger partial charge on any atom is 0.248 e. The van der Waals surface area contributed by atoms with Gasteiger partial charge in [-0.1, -0.05) is 24.3 Å². The first-order chi connectivity index (χ1) is 12.2. The molecule has 0 fully saturated rings. The number of benzene rings is 2. The fraction of sp³-hybridized carbons (Fsp3) is 0.100. The molecule has 1 amide bonds. The van der Waals surface area contributed by atoms with Gasteiger partial charge in [-0.3, -0.25) is 4.79 Å². The summed E-state index contributed by atoms with van der Waals surface area (Å²) in [7, 11) is 1.58. The summed E-state index contributed by atoms with van der Waals surface area (Å²) in [5.41, 5.74) is 3.51. The van der Waals surface area contributed by atoms with Gasteiger partial charge in [-0.15, -0.1) is 0 Å². The Labute approximate surface area is 146 Å². The van der Waals surface area contributed by atoms with E-state index in [0.29, 0.717) is 11.4 Å². The number of rotatable bonds is 5. The summed E-state index contributed by atoms with van der Waals surface area (Å²) in [6, 6.07) is 15.4. The highest BCUT2D eigenvalue weighted by molar-refractivity contribution is 6.02. The number of carbonyl (C=O) groups is 1. The molecule has 25 heavy (non-hydrogen) atoms. The Morgan fingerprint density at radius 3 is 2.76 bits per heavy atom. The number of methoxy groups -OCH3 is 1. The third kappa shape index (κ3) is 4.14. The number of carbonyl (C=O) groups excluding carboxylic acids is 1. The van der Waals surface area contributed by atoms with Crippen molar-refractivity contribution in [1.29, 1.82) is 0 Å². The van der Waals surface area contributed by atoms with Gasteiger partial charge in [0.25, 0.3) is 0 Å². The van der Waals surface area contributed by atoms with E-state index in [4.69, 9.17) is 4.74 Å². The molecule has 126 valence electrons. The van der Waals surface area contributed by atoms with Gasteiger partial charge >= 0.3 is 0 Å². The average Bonchev–Trinajstić information content (AvgIpc) is 3.10. The number of hydrogen-bond acceptors (Lipinski definition) is 3. The van der Waals surface area contributed by atoms with Gasteiger partial charge in [0, 0.05) is 17.8 Å². The highest BCUT2D eigenvalue weighted by Crippen LogP contribution is 2.25. The number of nitrogens with one attached hydrogen (secondary N) is 1. The number of nitrogens with zero attached hydrogens (tertiary/aromatic N) is 2. The number of aryl methyl sites for hydroxylation is 1. The Morgan fingerprint density at radius 2 is 2.00 bits per heavy atom. The molecule has 1 N–H and O–H groups in total. The molecule has 0 aliphatic rings. The summed E-state index contributed by atoms with van der Waals surface area (Å²) in [6.07, 6.45) is 6.79. The summed E-state index contributed by atoms with van der Waals surface area (Å²) < 4.78 is 7.03. The molecule has 1 heterocycles. The molecule has 0 aliphatic heterocycles. The molecule has 0 bridgehead atoms. The van der Waals surface area contributed by atoms with Crippen LogP contribution in [0.3, 0.4) is 0 Å². The Hall–Kier alpha value is -3.34. The van der Waals surface area contributed by atoms with Gasteiger partial charge in [-0.05, 0) is 42.8 Å². The second kappa shape index (κ2) is 7.49. The van der Waals surface area contributed by atoms with Crippen LogP contribution in [-0.4, -0.2) is 22.8 Å². The molecule has 3 rings (SSSR count). The van der Waals surface area contributed by atoms with Crippen molar-refractivity contribution in [3.63, 3.8) is 0 Å². The monoisotopic (exact) mass is 333 g/mol. The van der Waals surface area contributed by atoms with Gasteiger partial charge in [0.05, 0.1) is 24.7 Å².